The molecule has 0 aliphatic heterocycles. The van der Waals surface area contributed by atoms with Gasteiger partial charge in [-0.3, -0.25) is 0 Å². The minimum absolute atomic E-state index is 0.0206. The highest BCUT2D eigenvalue weighted by molar-refractivity contribution is 6.33. The molecule has 0 spiro atoms. The van der Waals surface area contributed by atoms with Gasteiger partial charge in [0.15, 0.2) is 0 Å². The molecular weight excluding hydrogens is 276 g/mol. The average molecular weight is 291 g/mol. The SMILES string of the molecule is Cc1cc(C)c(C)c(Oc2cccc(Cl)c2C(=O)O)c1. The van der Waals surface area contributed by atoms with Crippen LogP contribution in [0.2, 0.25) is 5.02 Å². The summed E-state index contributed by atoms with van der Waals surface area (Å²) < 4.78 is 5.78. The minimum atomic E-state index is -1.10. The first-order valence-corrected chi connectivity index (χ1v) is 6.55. The van der Waals surface area contributed by atoms with Crippen molar-refractivity contribution in [1.29, 1.82) is 0 Å². The Balaban J connectivity index is 2.51. The predicted molar refractivity (Wildman–Crippen MR) is 79.1 cm³/mol. The van der Waals surface area contributed by atoms with Gasteiger partial charge in [-0.1, -0.05) is 23.7 Å². The fraction of sp³-hybridized carbons (Fsp3) is 0.188. The second-order valence-corrected chi connectivity index (χ2v) is 5.13. The third-order valence-corrected chi connectivity index (χ3v) is 3.49. The van der Waals surface area contributed by atoms with Crippen LogP contribution in [0.3, 0.4) is 0 Å². The van der Waals surface area contributed by atoms with Crippen LogP contribution in [0.4, 0.5) is 0 Å². The Kier molecular flexibility index (Phi) is 4.00. The van der Waals surface area contributed by atoms with Crippen LogP contribution in [0.15, 0.2) is 30.3 Å². The third-order valence-electron chi connectivity index (χ3n) is 3.17. The Morgan fingerprint density at radius 1 is 1.15 bits per heavy atom. The zero-order chi connectivity index (χ0) is 14.9. The van der Waals surface area contributed by atoms with Gasteiger partial charge < -0.3 is 9.84 Å². The molecule has 2 aromatic rings. The molecule has 0 aliphatic carbocycles. The molecular formula is C16H15ClO3. The molecule has 104 valence electrons. The molecule has 2 rings (SSSR count). The number of hydrogen-bond donors (Lipinski definition) is 1. The van der Waals surface area contributed by atoms with E-state index in [-0.39, 0.29) is 16.3 Å². The van der Waals surface area contributed by atoms with E-state index in [1.165, 1.54) is 6.07 Å². The van der Waals surface area contributed by atoms with Crippen molar-refractivity contribution in [2.45, 2.75) is 20.8 Å². The van der Waals surface area contributed by atoms with E-state index in [9.17, 15) is 9.90 Å². The predicted octanol–water partition coefficient (Wildman–Crippen LogP) is 4.76. The highest BCUT2D eigenvalue weighted by Gasteiger charge is 2.17. The van der Waals surface area contributed by atoms with Crippen LogP contribution in [0.25, 0.3) is 0 Å². The van der Waals surface area contributed by atoms with Crippen molar-refractivity contribution in [2.75, 3.05) is 0 Å². The van der Waals surface area contributed by atoms with Crippen molar-refractivity contribution in [3.63, 3.8) is 0 Å². The number of ether oxygens (including phenoxy) is 1. The lowest BCUT2D eigenvalue weighted by Crippen LogP contribution is -2.02. The quantitative estimate of drug-likeness (QED) is 0.887. The molecule has 3 nitrogen and oxygen atoms in total. The molecule has 0 aliphatic rings. The number of carboxylic acids is 1. The van der Waals surface area contributed by atoms with E-state index in [0.717, 1.165) is 16.7 Å². The van der Waals surface area contributed by atoms with Crippen LogP contribution < -0.4 is 4.74 Å². The Morgan fingerprint density at radius 3 is 2.50 bits per heavy atom. The summed E-state index contributed by atoms with van der Waals surface area (Å²) in [5, 5.41) is 9.40. The van der Waals surface area contributed by atoms with Crippen LogP contribution in [0, 0.1) is 20.8 Å². The monoisotopic (exact) mass is 290 g/mol. The van der Waals surface area contributed by atoms with Crippen LogP contribution in [0.1, 0.15) is 27.0 Å². The molecule has 0 aromatic heterocycles. The lowest BCUT2D eigenvalue weighted by Gasteiger charge is -2.14. The minimum Gasteiger partial charge on any atom is -0.478 e. The Labute approximate surface area is 122 Å². The molecule has 20 heavy (non-hydrogen) atoms. The van der Waals surface area contributed by atoms with Crippen molar-refractivity contribution in [3.8, 4) is 11.5 Å². The number of halogens is 1. The lowest BCUT2D eigenvalue weighted by molar-refractivity contribution is 0.0694. The molecule has 4 heteroatoms. The molecule has 0 radical (unpaired) electrons. The Morgan fingerprint density at radius 2 is 1.85 bits per heavy atom. The van der Waals surface area contributed by atoms with Gasteiger partial charge in [0.1, 0.15) is 17.1 Å². The lowest BCUT2D eigenvalue weighted by atomic mass is 10.1. The zero-order valence-corrected chi connectivity index (χ0v) is 12.3. The van der Waals surface area contributed by atoms with Gasteiger partial charge in [0.2, 0.25) is 0 Å². The van der Waals surface area contributed by atoms with Gasteiger partial charge in [0, 0.05) is 0 Å². The van der Waals surface area contributed by atoms with E-state index in [2.05, 4.69) is 6.07 Å². The molecule has 0 atom stereocenters. The van der Waals surface area contributed by atoms with Gasteiger partial charge in [-0.2, -0.15) is 0 Å². The second kappa shape index (κ2) is 5.55. The van der Waals surface area contributed by atoms with E-state index in [0.29, 0.717) is 5.75 Å². The Hall–Kier alpha value is -2.00. The van der Waals surface area contributed by atoms with Gasteiger partial charge >= 0.3 is 5.97 Å². The van der Waals surface area contributed by atoms with E-state index in [1.54, 1.807) is 12.1 Å². The van der Waals surface area contributed by atoms with Crippen molar-refractivity contribution in [2.24, 2.45) is 0 Å². The average Bonchev–Trinajstić information content (AvgIpc) is 2.35. The summed E-state index contributed by atoms with van der Waals surface area (Å²) in [6.45, 7) is 5.90. The number of aryl methyl sites for hydroxylation is 2. The van der Waals surface area contributed by atoms with Gasteiger partial charge in [0.25, 0.3) is 0 Å². The molecule has 0 unspecified atom stereocenters. The molecule has 0 saturated heterocycles. The fourth-order valence-electron chi connectivity index (χ4n) is 2.02. The van der Waals surface area contributed by atoms with Gasteiger partial charge in [-0.25, -0.2) is 4.79 Å². The van der Waals surface area contributed by atoms with Crippen LogP contribution >= 0.6 is 11.6 Å². The molecule has 1 N–H and O–H groups in total. The molecule has 0 fully saturated rings. The highest BCUT2D eigenvalue weighted by atomic mass is 35.5. The van der Waals surface area contributed by atoms with Gasteiger partial charge in [-0.05, 0) is 55.7 Å². The number of hydrogen-bond acceptors (Lipinski definition) is 2. The van der Waals surface area contributed by atoms with Crippen molar-refractivity contribution in [1.82, 2.24) is 0 Å². The normalized spacial score (nSPS) is 10.4. The van der Waals surface area contributed by atoms with Gasteiger partial charge in [0.05, 0.1) is 5.02 Å². The standard InChI is InChI=1S/C16H15ClO3/c1-9-7-10(2)11(3)14(8-9)20-13-6-4-5-12(17)15(13)16(18)19/h4-8H,1-3H3,(H,18,19). The van der Waals surface area contributed by atoms with Crippen LogP contribution in [-0.2, 0) is 0 Å². The fourth-order valence-corrected chi connectivity index (χ4v) is 2.27. The summed E-state index contributed by atoms with van der Waals surface area (Å²) in [5.41, 5.74) is 3.11. The van der Waals surface area contributed by atoms with E-state index in [4.69, 9.17) is 16.3 Å². The van der Waals surface area contributed by atoms with Crippen molar-refractivity contribution in [3.05, 3.63) is 57.6 Å². The molecule has 0 heterocycles. The van der Waals surface area contributed by atoms with Crippen LogP contribution in [-0.4, -0.2) is 11.1 Å². The van der Waals surface area contributed by atoms with Crippen LogP contribution in [0.5, 0.6) is 11.5 Å². The second-order valence-electron chi connectivity index (χ2n) is 4.73. The number of aromatic carboxylic acids is 1. The molecule has 0 bridgehead atoms. The number of benzene rings is 2. The number of carbonyl (C=O) groups is 1. The highest BCUT2D eigenvalue weighted by Crippen LogP contribution is 2.33. The third kappa shape index (κ3) is 2.78. The summed E-state index contributed by atoms with van der Waals surface area (Å²) in [6.07, 6.45) is 0. The maximum Gasteiger partial charge on any atom is 0.341 e. The smallest absolute Gasteiger partial charge is 0.341 e. The zero-order valence-electron chi connectivity index (χ0n) is 11.5. The van der Waals surface area contributed by atoms with Crippen molar-refractivity contribution < 1.29 is 14.6 Å². The maximum atomic E-state index is 11.3. The summed E-state index contributed by atoms with van der Waals surface area (Å²) in [6, 6.07) is 8.74. The van der Waals surface area contributed by atoms with E-state index in [1.807, 2.05) is 26.8 Å². The van der Waals surface area contributed by atoms with E-state index < -0.39 is 5.97 Å². The summed E-state index contributed by atoms with van der Waals surface area (Å²) in [5.74, 6) is -0.210. The number of carboxylic acid groups (broad SMARTS) is 1. The first kappa shape index (κ1) is 14.4. The first-order chi connectivity index (χ1) is 9.40. The summed E-state index contributed by atoms with van der Waals surface area (Å²) in [7, 11) is 0. The number of rotatable bonds is 3. The first-order valence-electron chi connectivity index (χ1n) is 6.17. The maximum absolute atomic E-state index is 11.3. The van der Waals surface area contributed by atoms with Crippen molar-refractivity contribution >= 4 is 17.6 Å². The summed E-state index contributed by atoms with van der Waals surface area (Å²) in [4.78, 5) is 11.3. The molecule has 0 saturated carbocycles. The summed E-state index contributed by atoms with van der Waals surface area (Å²) >= 11 is 5.93. The topological polar surface area (TPSA) is 46.5 Å². The van der Waals surface area contributed by atoms with E-state index >= 15 is 0 Å². The molecule has 2 aromatic carbocycles. The largest absolute Gasteiger partial charge is 0.478 e. The molecule has 0 amide bonds. The Bertz CT molecular complexity index is 678. The van der Waals surface area contributed by atoms with Gasteiger partial charge in [-0.15, -0.1) is 0 Å².